The van der Waals surface area contributed by atoms with E-state index in [2.05, 4.69) is 15.3 Å². The minimum absolute atomic E-state index is 0.0544. The van der Waals surface area contributed by atoms with Crippen LogP contribution in [-0.2, 0) is 0 Å². The number of rotatable bonds is 6. The molecule has 1 aromatic heterocycles. The molecule has 0 bridgehead atoms. The Balaban J connectivity index is 2.54. The van der Waals surface area contributed by atoms with Crippen molar-refractivity contribution in [2.45, 2.75) is 6.92 Å². The number of hydrogen-bond donors (Lipinski definition) is 1. The number of nitro groups is 1. The van der Waals surface area contributed by atoms with Gasteiger partial charge < -0.3 is 10.2 Å². The van der Waals surface area contributed by atoms with Crippen molar-refractivity contribution in [3.8, 4) is 12.1 Å². The van der Waals surface area contributed by atoms with E-state index >= 15 is 0 Å². The van der Waals surface area contributed by atoms with E-state index in [-0.39, 0.29) is 24.7 Å². The first-order valence-corrected chi connectivity index (χ1v) is 7.37. The lowest BCUT2D eigenvalue weighted by Crippen LogP contribution is -2.26. The molecule has 0 aliphatic carbocycles. The van der Waals surface area contributed by atoms with Gasteiger partial charge in [0.2, 0.25) is 11.6 Å². The second-order valence-corrected chi connectivity index (χ2v) is 5.34. The van der Waals surface area contributed by atoms with Crippen molar-refractivity contribution in [3.63, 3.8) is 0 Å². The monoisotopic (exact) mass is 357 g/mol. The summed E-state index contributed by atoms with van der Waals surface area (Å²) in [6.45, 7) is 1.37. The molecule has 2 aromatic rings. The van der Waals surface area contributed by atoms with Gasteiger partial charge in [-0.25, -0.2) is 9.97 Å². The normalized spacial score (nSPS) is 9.76. The molecule has 9 nitrogen and oxygen atoms in total. The standard InChI is InChI=1S/C15H12ClN7O2/c1-10-2-3-11(16)8-12(10)21-14-13(23(24)25)15(20-9-19-14)22(6-4-17)7-5-18/h2-3,8-9H,6-7H2,1H3,(H,19,20,21). The average molecular weight is 358 g/mol. The Morgan fingerprint density at radius 2 is 2.00 bits per heavy atom. The molecular formula is C15H12ClN7O2. The molecule has 1 heterocycles. The Kier molecular flexibility index (Phi) is 5.66. The maximum absolute atomic E-state index is 11.6. The van der Waals surface area contributed by atoms with Gasteiger partial charge in [0.1, 0.15) is 19.4 Å². The maximum Gasteiger partial charge on any atom is 0.353 e. The first-order chi connectivity index (χ1) is 12.0. The predicted molar refractivity (Wildman–Crippen MR) is 91.6 cm³/mol. The largest absolute Gasteiger partial charge is 0.353 e. The lowest BCUT2D eigenvalue weighted by Gasteiger charge is -2.18. The van der Waals surface area contributed by atoms with Crippen LogP contribution in [0.3, 0.4) is 0 Å². The summed E-state index contributed by atoms with van der Waals surface area (Å²) in [4.78, 5) is 19.9. The molecule has 0 atom stereocenters. The number of benzene rings is 1. The van der Waals surface area contributed by atoms with E-state index in [1.807, 2.05) is 19.1 Å². The maximum atomic E-state index is 11.6. The summed E-state index contributed by atoms with van der Waals surface area (Å²) in [5.41, 5.74) is 0.935. The van der Waals surface area contributed by atoms with Crippen LogP contribution in [0.1, 0.15) is 5.56 Å². The van der Waals surface area contributed by atoms with Crippen LogP contribution in [0.4, 0.5) is 23.0 Å². The molecule has 126 valence electrons. The lowest BCUT2D eigenvalue weighted by atomic mass is 10.2. The quantitative estimate of drug-likeness (QED) is 0.474. The number of aryl methyl sites for hydroxylation is 1. The number of hydrogen-bond acceptors (Lipinski definition) is 8. The number of anilines is 3. The van der Waals surface area contributed by atoms with Crippen molar-refractivity contribution < 1.29 is 4.92 Å². The third kappa shape index (κ3) is 4.10. The average Bonchev–Trinajstić information content (AvgIpc) is 2.57. The number of nitriles is 2. The van der Waals surface area contributed by atoms with Crippen LogP contribution < -0.4 is 10.2 Å². The molecule has 0 saturated carbocycles. The van der Waals surface area contributed by atoms with Gasteiger partial charge in [0.25, 0.3) is 0 Å². The van der Waals surface area contributed by atoms with E-state index < -0.39 is 10.6 Å². The van der Waals surface area contributed by atoms with E-state index in [0.29, 0.717) is 10.7 Å². The highest BCUT2D eigenvalue weighted by Gasteiger charge is 2.27. The van der Waals surface area contributed by atoms with Gasteiger partial charge in [-0.15, -0.1) is 0 Å². The number of halogens is 1. The Labute approximate surface area is 148 Å². The molecular weight excluding hydrogens is 346 g/mol. The van der Waals surface area contributed by atoms with Gasteiger partial charge in [-0.05, 0) is 24.6 Å². The van der Waals surface area contributed by atoms with Crippen molar-refractivity contribution in [2.75, 3.05) is 23.3 Å². The molecule has 0 saturated heterocycles. The lowest BCUT2D eigenvalue weighted by molar-refractivity contribution is -0.383. The molecule has 0 amide bonds. The fourth-order valence-electron chi connectivity index (χ4n) is 2.09. The molecule has 0 spiro atoms. The SMILES string of the molecule is Cc1ccc(Cl)cc1Nc1ncnc(N(CC#N)CC#N)c1[N+](=O)[O-]. The highest BCUT2D eigenvalue weighted by Crippen LogP contribution is 2.34. The van der Waals surface area contributed by atoms with E-state index in [1.54, 1.807) is 18.2 Å². The minimum atomic E-state index is -0.653. The third-order valence-electron chi connectivity index (χ3n) is 3.26. The van der Waals surface area contributed by atoms with Gasteiger partial charge in [0.15, 0.2) is 0 Å². The second-order valence-electron chi connectivity index (χ2n) is 4.91. The molecule has 0 radical (unpaired) electrons. The molecule has 0 aliphatic heterocycles. The van der Waals surface area contributed by atoms with E-state index in [9.17, 15) is 10.1 Å². The van der Waals surface area contributed by atoms with Crippen molar-refractivity contribution in [1.82, 2.24) is 9.97 Å². The fourth-order valence-corrected chi connectivity index (χ4v) is 2.27. The minimum Gasteiger partial charge on any atom is -0.334 e. The molecule has 25 heavy (non-hydrogen) atoms. The summed E-state index contributed by atoms with van der Waals surface area (Å²) < 4.78 is 0. The first-order valence-electron chi connectivity index (χ1n) is 6.99. The van der Waals surface area contributed by atoms with Crippen LogP contribution in [-0.4, -0.2) is 28.0 Å². The molecule has 0 unspecified atom stereocenters. The molecule has 1 aromatic carbocycles. The van der Waals surface area contributed by atoms with E-state index in [0.717, 1.165) is 11.9 Å². The summed E-state index contributed by atoms with van der Waals surface area (Å²) in [5, 5.41) is 32.7. The fraction of sp³-hybridized carbons (Fsp3) is 0.200. The number of nitrogens with one attached hydrogen (secondary N) is 1. The van der Waals surface area contributed by atoms with Gasteiger partial charge >= 0.3 is 5.69 Å². The smallest absolute Gasteiger partial charge is 0.334 e. The van der Waals surface area contributed by atoms with Crippen LogP contribution in [0.15, 0.2) is 24.5 Å². The summed E-state index contributed by atoms with van der Waals surface area (Å²) >= 11 is 5.96. The van der Waals surface area contributed by atoms with Crippen LogP contribution in [0.5, 0.6) is 0 Å². The van der Waals surface area contributed by atoms with Crippen molar-refractivity contribution >= 4 is 34.6 Å². The highest BCUT2D eigenvalue weighted by molar-refractivity contribution is 6.30. The Morgan fingerprint density at radius 3 is 2.60 bits per heavy atom. The van der Waals surface area contributed by atoms with E-state index in [4.69, 9.17) is 22.1 Å². The van der Waals surface area contributed by atoms with Gasteiger partial charge in [-0.2, -0.15) is 10.5 Å². The van der Waals surface area contributed by atoms with Gasteiger partial charge in [-0.3, -0.25) is 10.1 Å². The number of aromatic nitrogens is 2. The Morgan fingerprint density at radius 1 is 1.32 bits per heavy atom. The van der Waals surface area contributed by atoms with Gasteiger partial charge in [-0.1, -0.05) is 17.7 Å². The first kappa shape index (κ1) is 17.9. The van der Waals surface area contributed by atoms with Crippen LogP contribution in [0.25, 0.3) is 0 Å². The molecule has 0 fully saturated rings. The van der Waals surface area contributed by atoms with Gasteiger partial charge in [0.05, 0.1) is 17.1 Å². The molecule has 2 rings (SSSR count). The number of nitrogens with zero attached hydrogens (tertiary/aromatic N) is 6. The van der Waals surface area contributed by atoms with Crippen molar-refractivity contribution in [1.29, 1.82) is 10.5 Å². The summed E-state index contributed by atoms with van der Waals surface area (Å²) in [6, 6.07) is 8.79. The predicted octanol–water partition coefficient (Wildman–Crippen LogP) is 2.94. The Bertz CT molecular complexity index is 872. The van der Waals surface area contributed by atoms with Crippen LogP contribution in [0, 0.1) is 39.7 Å². The third-order valence-corrected chi connectivity index (χ3v) is 3.50. The van der Waals surface area contributed by atoms with Crippen molar-refractivity contribution in [3.05, 3.63) is 45.2 Å². The molecule has 10 heteroatoms. The summed E-state index contributed by atoms with van der Waals surface area (Å²) in [5.74, 6) is -0.161. The topological polar surface area (TPSA) is 132 Å². The van der Waals surface area contributed by atoms with Crippen molar-refractivity contribution in [2.24, 2.45) is 0 Å². The second kappa shape index (κ2) is 7.90. The highest BCUT2D eigenvalue weighted by atomic mass is 35.5. The van der Waals surface area contributed by atoms with Crippen LogP contribution >= 0.6 is 11.6 Å². The van der Waals surface area contributed by atoms with E-state index in [1.165, 1.54) is 4.90 Å². The Hall–Kier alpha value is -3.43. The summed E-state index contributed by atoms with van der Waals surface area (Å²) in [6.07, 6.45) is 1.13. The molecule has 1 N–H and O–H groups in total. The zero-order valence-corrected chi connectivity index (χ0v) is 13.9. The summed E-state index contributed by atoms with van der Waals surface area (Å²) in [7, 11) is 0. The van der Waals surface area contributed by atoms with Crippen LogP contribution in [0.2, 0.25) is 5.02 Å². The zero-order chi connectivity index (χ0) is 18.4. The molecule has 0 aliphatic rings. The zero-order valence-electron chi connectivity index (χ0n) is 13.1. The van der Waals surface area contributed by atoms with Gasteiger partial charge in [0, 0.05) is 10.7 Å².